The number of ether oxygens (including phenoxy) is 2. The lowest BCUT2D eigenvalue weighted by atomic mass is 10.1. The molecule has 1 aliphatic rings. The lowest BCUT2D eigenvalue weighted by Gasteiger charge is -2.26. The molecular formula is C17H20N2O2. The average molecular weight is 284 g/mol. The highest BCUT2D eigenvalue weighted by Gasteiger charge is 2.20. The van der Waals surface area contributed by atoms with Crippen LogP contribution >= 0.6 is 0 Å². The van der Waals surface area contributed by atoms with Gasteiger partial charge in [-0.15, -0.1) is 0 Å². The van der Waals surface area contributed by atoms with Crippen LogP contribution in [-0.4, -0.2) is 22.7 Å². The van der Waals surface area contributed by atoms with Crippen LogP contribution in [0.25, 0.3) is 0 Å². The van der Waals surface area contributed by atoms with Gasteiger partial charge < -0.3 is 9.47 Å². The fraction of sp³-hybridized carbons (Fsp3) is 0.412. The van der Waals surface area contributed by atoms with Crippen molar-refractivity contribution in [2.75, 3.05) is 6.61 Å². The molecule has 0 N–H and O–H groups in total. The van der Waals surface area contributed by atoms with Gasteiger partial charge in [-0.3, -0.25) is 0 Å². The predicted molar refractivity (Wildman–Crippen MR) is 80.8 cm³/mol. The SMILES string of the molecule is CCc1cnc(C)nc1CC[C@@H]1COc2ccccc2O1. The summed E-state index contributed by atoms with van der Waals surface area (Å²) >= 11 is 0. The van der Waals surface area contributed by atoms with Crippen molar-refractivity contribution in [1.29, 1.82) is 0 Å². The second-order valence-corrected chi connectivity index (χ2v) is 5.28. The van der Waals surface area contributed by atoms with Crippen molar-refractivity contribution >= 4 is 0 Å². The summed E-state index contributed by atoms with van der Waals surface area (Å²) < 4.78 is 11.7. The van der Waals surface area contributed by atoms with Crippen LogP contribution in [0.4, 0.5) is 0 Å². The molecule has 4 nitrogen and oxygen atoms in total. The number of hydrogen-bond acceptors (Lipinski definition) is 4. The molecule has 110 valence electrons. The summed E-state index contributed by atoms with van der Waals surface area (Å²) in [5.41, 5.74) is 2.35. The van der Waals surface area contributed by atoms with E-state index >= 15 is 0 Å². The minimum atomic E-state index is 0.0832. The number of para-hydroxylation sites is 2. The molecule has 0 fully saturated rings. The van der Waals surface area contributed by atoms with E-state index in [-0.39, 0.29) is 6.10 Å². The van der Waals surface area contributed by atoms with Crippen LogP contribution in [0, 0.1) is 6.92 Å². The normalized spacial score (nSPS) is 16.8. The maximum Gasteiger partial charge on any atom is 0.161 e. The van der Waals surface area contributed by atoms with Crippen molar-refractivity contribution in [2.24, 2.45) is 0 Å². The number of aromatic nitrogens is 2. The van der Waals surface area contributed by atoms with Gasteiger partial charge in [0.2, 0.25) is 0 Å². The molecule has 0 saturated heterocycles. The van der Waals surface area contributed by atoms with Gasteiger partial charge >= 0.3 is 0 Å². The Morgan fingerprint density at radius 2 is 2.05 bits per heavy atom. The first-order chi connectivity index (χ1) is 10.3. The third-order valence-corrected chi connectivity index (χ3v) is 3.73. The molecule has 1 aromatic carbocycles. The van der Waals surface area contributed by atoms with Gasteiger partial charge in [0, 0.05) is 11.9 Å². The third kappa shape index (κ3) is 3.15. The van der Waals surface area contributed by atoms with Crippen LogP contribution < -0.4 is 9.47 Å². The van der Waals surface area contributed by atoms with Gasteiger partial charge in [-0.05, 0) is 43.9 Å². The van der Waals surface area contributed by atoms with Crippen molar-refractivity contribution in [3.63, 3.8) is 0 Å². The van der Waals surface area contributed by atoms with Crippen molar-refractivity contribution in [2.45, 2.75) is 39.2 Å². The van der Waals surface area contributed by atoms with Crippen molar-refractivity contribution in [3.05, 3.63) is 47.5 Å². The first-order valence-electron chi connectivity index (χ1n) is 7.46. The number of rotatable bonds is 4. The smallest absolute Gasteiger partial charge is 0.161 e. The van der Waals surface area contributed by atoms with Crippen LogP contribution in [0.1, 0.15) is 30.4 Å². The third-order valence-electron chi connectivity index (χ3n) is 3.73. The highest BCUT2D eigenvalue weighted by atomic mass is 16.6. The molecule has 0 bridgehead atoms. The lowest BCUT2D eigenvalue weighted by Crippen LogP contribution is -2.29. The van der Waals surface area contributed by atoms with E-state index in [1.54, 1.807) is 0 Å². The van der Waals surface area contributed by atoms with Crippen molar-refractivity contribution in [1.82, 2.24) is 9.97 Å². The number of benzene rings is 1. The molecule has 1 aromatic heterocycles. The Labute approximate surface area is 125 Å². The average Bonchev–Trinajstić information content (AvgIpc) is 2.53. The highest BCUT2D eigenvalue weighted by molar-refractivity contribution is 5.40. The molecule has 21 heavy (non-hydrogen) atoms. The quantitative estimate of drug-likeness (QED) is 0.865. The molecule has 0 unspecified atom stereocenters. The summed E-state index contributed by atoms with van der Waals surface area (Å²) in [6.07, 6.45) is 4.77. The topological polar surface area (TPSA) is 44.2 Å². The molecule has 0 radical (unpaired) electrons. The molecule has 2 heterocycles. The highest BCUT2D eigenvalue weighted by Crippen LogP contribution is 2.31. The molecule has 0 saturated carbocycles. The lowest BCUT2D eigenvalue weighted by molar-refractivity contribution is 0.0849. The minimum Gasteiger partial charge on any atom is -0.486 e. The van der Waals surface area contributed by atoms with Crippen LogP contribution in [-0.2, 0) is 12.8 Å². The molecule has 4 heteroatoms. The second-order valence-electron chi connectivity index (χ2n) is 5.28. The Bertz CT molecular complexity index is 628. The first kappa shape index (κ1) is 13.9. The summed E-state index contributed by atoms with van der Waals surface area (Å²) in [6, 6.07) is 7.82. The Kier molecular flexibility index (Phi) is 4.04. The van der Waals surface area contributed by atoms with Crippen LogP contribution in [0.15, 0.2) is 30.5 Å². The zero-order valence-electron chi connectivity index (χ0n) is 12.5. The van der Waals surface area contributed by atoms with E-state index in [0.29, 0.717) is 6.61 Å². The van der Waals surface area contributed by atoms with E-state index in [1.165, 1.54) is 5.56 Å². The summed E-state index contributed by atoms with van der Waals surface area (Å²) in [5, 5.41) is 0. The van der Waals surface area contributed by atoms with Crippen LogP contribution in [0.2, 0.25) is 0 Å². The molecular weight excluding hydrogens is 264 g/mol. The number of aryl methyl sites for hydroxylation is 3. The van der Waals surface area contributed by atoms with Crippen molar-refractivity contribution in [3.8, 4) is 11.5 Å². The van der Waals surface area contributed by atoms with E-state index in [4.69, 9.17) is 9.47 Å². The van der Waals surface area contributed by atoms with Gasteiger partial charge in [-0.2, -0.15) is 0 Å². The molecule has 3 rings (SSSR count). The van der Waals surface area contributed by atoms with E-state index in [2.05, 4.69) is 16.9 Å². The van der Waals surface area contributed by atoms with Crippen molar-refractivity contribution < 1.29 is 9.47 Å². The summed E-state index contributed by atoms with van der Waals surface area (Å²) in [6.45, 7) is 4.66. The minimum absolute atomic E-state index is 0.0832. The Morgan fingerprint density at radius 3 is 2.86 bits per heavy atom. The summed E-state index contributed by atoms with van der Waals surface area (Å²) in [5.74, 6) is 2.50. The summed E-state index contributed by atoms with van der Waals surface area (Å²) in [4.78, 5) is 8.83. The number of nitrogens with zero attached hydrogens (tertiary/aromatic N) is 2. The van der Waals surface area contributed by atoms with Gasteiger partial charge in [0.1, 0.15) is 18.5 Å². The molecule has 2 aromatic rings. The fourth-order valence-corrected chi connectivity index (χ4v) is 2.56. The number of hydrogen-bond donors (Lipinski definition) is 0. The van der Waals surface area contributed by atoms with Gasteiger partial charge in [-0.25, -0.2) is 9.97 Å². The van der Waals surface area contributed by atoms with Gasteiger partial charge in [0.15, 0.2) is 11.5 Å². The Balaban J connectivity index is 1.65. The molecule has 1 aliphatic heterocycles. The van der Waals surface area contributed by atoms with E-state index in [1.807, 2.05) is 37.4 Å². The zero-order valence-corrected chi connectivity index (χ0v) is 12.5. The van der Waals surface area contributed by atoms with E-state index in [0.717, 1.165) is 42.3 Å². The monoisotopic (exact) mass is 284 g/mol. The van der Waals surface area contributed by atoms with E-state index in [9.17, 15) is 0 Å². The molecule has 0 amide bonds. The zero-order chi connectivity index (χ0) is 14.7. The standard InChI is InChI=1S/C17H20N2O2/c1-3-13-10-18-12(2)19-15(13)9-8-14-11-20-16-6-4-5-7-17(16)21-14/h4-7,10,14H,3,8-9,11H2,1-2H3/t14-/m1/s1. The van der Waals surface area contributed by atoms with Crippen LogP contribution in [0.3, 0.4) is 0 Å². The second kappa shape index (κ2) is 6.12. The molecule has 1 atom stereocenters. The maximum absolute atomic E-state index is 5.99. The first-order valence-corrected chi connectivity index (χ1v) is 7.46. The van der Waals surface area contributed by atoms with Crippen LogP contribution in [0.5, 0.6) is 11.5 Å². The van der Waals surface area contributed by atoms with E-state index < -0.39 is 0 Å². The Morgan fingerprint density at radius 1 is 1.24 bits per heavy atom. The molecule has 0 aliphatic carbocycles. The van der Waals surface area contributed by atoms with Gasteiger partial charge in [0.25, 0.3) is 0 Å². The van der Waals surface area contributed by atoms with Gasteiger partial charge in [0.05, 0.1) is 0 Å². The predicted octanol–water partition coefficient (Wildman–Crippen LogP) is 3.12. The van der Waals surface area contributed by atoms with Gasteiger partial charge in [-0.1, -0.05) is 19.1 Å². The molecule has 0 spiro atoms. The fourth-order valence-electron chi connectivity index (χ4n) is 2.56. The summed E-state index contributed by atoms with van der Waals surface area (Å²) in [7, 11) is 0. The Hall–Kier alpha value is -2.10. The number of fused-ring (bicyclic) bond motifs is 1. The largest absolute Gasteiger partial charge is 0.486 e. The maximum atomic E-state index is 5.99.